The molecule has 1 aromatic rings. The Hall–Kier alpha value is -1.09. The molecule has 0 atom stereocenters. The molecule has 0 bridgehead atoms. The fourth-order valence-electron chi connectivity index (χ4n) is 1.85. The number of benzene rings is 1. The highest BCUT2D eigenvalue weighted by atomic mass is 19.1. The fourth-order valence-corrected chi connectivity index (χ4v) is 1.85. The van der Waals surface area contributed by atoms with Gasteiger partial charge < -0.3 is 9.47 Å². The van der Waals surface area contributed by atoms with E-state index in [4.69, 9.17) is 9.47 Å². The molecule has 0 spiro atoms. The molecule has 0 unspecified atom stereocenters. The molecule has 0 radical (unpaired) electrons. The van der Waals surface area contributed by atoms with Gasteiger partial charge in [-0.15, -0.1) is 0 Å². The molecule has 0 aliphatic carbocycles. The molecule has 0 amide bonds. The summed E-state index contributed by atoms with van der Waals surface area (Å²) in [6.07, 6.45) is 0.833. The highest BCUT2D eigenvalue weighted by molar-refractivity contribution is 5.42. The third kappa shape index (κ3) is 2.29. The summed E-state index contributed by atoms with van der Waals surface area (Å²) in [6, 6.07) is 3.04. The van der Waals surface area contributed by atoms with E-state index < -0.39 is 0 Å². The van der Waals surface area contributed by atoms with Crippen LogP contribution in [0.2, 0.25) is 0 Å². The minimum atomic E-state index is -0.210. The van der Waals surface area contributed by atoms with E-state index in [1.54, 1.807) is 6.07 Å². The predicted octanol–water partition coefficient (Wildman–Crippen LogP) is 2.89. The molecule has 0 N–H and O–H groups in total. The lowest BCUT2D eigenvalue weighted by atomic mass is 9.99. The summed E-state index contributed by atoms with van der Waals surface area (Å²) in [4.78, 5) is 0. The molecular weight excluding hydrogens is 195 g/mol. The first-order valence-corrected chi connectivity index (χ1v) is 5.18. The van der Waals surface area contributed by atoms with Gasteiger partial charge in [0, 0.05) is 5.56 Å². The molecule has 1 aromatic carbocycles. The average Bonchev–Trinajstić information content (AvgIpc) is 2.16. The van der Waals surface area contributed by atoms with Crippen molar-refractivity contribution in [2.45, 2.75) is 26.9 Å². The molecule has 0 aromatic heterocycles. The van der Waals surface area contributed by atoms with Gasteiger partial charge in [-0.3, -0.25) is 0 Å². The van der Waals surface area contributed by atoms with Crippen molar-refractivity contribution >= 4 is 0 Å². The van der Waals surface area contributed by atoms with Gasteiger partial charge in [-0.2, -0.15) is 0 Å². The molecule has 0 fully saturated rings. The van der Waals surface area contributed by atoms with Crippen molar-refractivity contribution in [3.63, 3.8) is 0 Å². The molecule has 0 saturated heterocycles. The Labute approximate surface area is 89.0 Å². The van der Waals surface area contributed by atoms with Crippen LogP contribution in [0.25, 0.3) is 0 Å². The van der Waals surface area contributed by atoms with E-state index >= 15 is 0 Å². The first-order chi connectivity index (χ1) is 7.16. The van der Waals surface area contributed by atoms with Crippen molar-refractivity contribution < 1.29 is 13.9 Å². The zero-order valence-corrected chi connectivity index (χ0v) is 9.05. The number of ether oxygens (including phenoxy) is 2. The van der Waals surface area contributed by atoms with Crippen molar-refractivity contribution in [2.75, 3.05) is 6.79 Å². The maximum Gasteiger partial charge on any atom is 0.189 e. The molecule has 3 heteroatoms. The first kappa shape index (κ1) is 10.4. The van der Waals surface area contributed by atoms with Gasteiger partial charge in [0.1, 0.15) is 11.6 Å². The Kier molecular flexibility index (Phi) is 2.91. The molecule has 1 aliphatic heterocycles. The van der Waals surface area contributed by atoms with Crippen molar-refractivity contribution in [1.82, 2.24) is 0 Å². The van der Waals surface area contributed by atoms with Crippen molar-refractivity contribution in [1.29, 1.82) is 0 Å². The Morgan fingerprint density at radius 2 is 2.20 bits per heavy atom. The Morgan fingerprint density at radius 1 is 1.40 bits per heavy atom. The minimum Gasteiger partial charge on any atom is -0.467 e. The van der Waals surface area contributed by atoms with Crippen LogP contribution >= 0.6 is 0 Å². The van der Waals surface area contributed by atoms with Crippen LogP contribution in [0.1, 0.15) is 25.0 Å². The van der Waals surface area contributed by atoms with Gasteiger partial charge in [-0.05, 0) is 30.0 Å². The van der Waals surface area contributed by atoms with Crippen LogP contribution in [0.5, 0.6) is 5.75 Å². The molecule has 2 rings (SSSR count). The summed E-state index contributed by atoms with van der Waals surface area (Å²) in [5.74, 6) is 1.09. The van der Waals surface area contributed by atoms with Crippen LogP contribution in [0.15, 0.2) is 12.1 Å². The summed E-state index contributed by atoms with van der Waals surface area (Å²) in [5.41, 5.74) is 1.76. The van der Waals surface area contributed by atoms with Crippen LogP contribution in [-0.4, -0.2) is 6.79 Å². The van der Waals surface area contributed by atoms with Crippen LogP contribution in [0.3, 0.4) is 0 Å². The van der Waals surface area contributed by atoms with Gasteiger partial charge in [0.25, 0.3) is 0 Å². The van der Waals surface area contributed by atoms with E-state index in [0.717, 1.165) is 23.3 Å². The first-order valence-electron chi connectivity index (χ1n) is 5.18. The fraction of sp³-hybridized carbons (Fsp3) is 0.500. The molecule has 82 valence electrons. The second kappa shape index (κ2) is 4.19. The summed E-state index contributed by atoms with van der Waals surface area (Å²) >= 11 is 0. The highest BCUT2D eigenvalue weighted by Gasteiger charge is 2.17. The number of hydrogen-bond acceptors (Lipinski definition) is 2. The Morgan fingerprint density at radius 3 is 2.93 bits per heavy atom. The normalized spacial score (nSPS) is 14.9. The molecule has 0 saturated carbocycles. The maximum absolute atomic E-state index is 13.3. The van der Waals surface area contributed by atoms with Crippen molar-refractivity contribution in [3.8, 4) is 5.75 Å². The second-order valence-electron chi connectivity index (χ2n) is 4.26. The third-order valence-corrected chi connectivity index (χ3v) is 2.38. The number of fused-ring (bicyclic) bond motifs is 1. The Balaban J connectivity index is 2.38. The number of hydrogen-bond donors (Lipinski definition) is 0. The molecule has 15 heavy (non-hydrogen) atoms. The molecule has 1 aliphatic rings. The SMILES string of the molecule is CC(C)Cc1cc(F)cc2c1OCOC2. The third-order valence-electron chi connectivity index (χ3n) is 2.38. The predicted molar refractivity (Wildman–Crippen MR) is 55.2 cm³/mol. The molecule has 2 nitrogen and oxygen atoms in total. The lowest BCUT2D eigenvalue weighted by Gasteiger charge is -2.21. The van der Waals surface area contributed by atoms with Gasteiger partial charge in [0.2, 0.25) is 0 Å². The monoisotopic (exact) mass is 210 g/mol. The minimum absolute atomic E-state index is 0.210. The quantitative estimate of drug-likeness (QED) is 0.747. The second-order valence-corrected chi connectivity index (χ2v) is 4.26. The summed E-state index contributed by atoms with van der Waals surface area (Å²) in [6.45, 7) is 4.93. The maximum atomic E-state index is 13.3. The van der Waals surface area contributed by atoms with Gasteiger partial charge in [0.05, 0.1) is 6.61 Å². The summed E-state index contributed by atoms with van der Waals surface area (Å²) in [7, 11) is 0. The van der Waals surface area contributed by atoms with Gasteiger partial charge >= 0.3 is 0 Å². The Bertz CT molecular complexity index is 361. The summed E-state index contributed by atoms with van der Waals surface area (Å²) < 4.78 is 23.8. The number of halogens is 1. The van der Waals surface area contributed by atoms with E-state index in [9.17, 15) is 4.39 Å². The van der Waals surface area contributed by atoms with Crippen LogP contribution in [-0.2, 0) is 17.8 Å². The highest BCUT2D eigenvalue weighted by Crippen LogP contribution is 2.30. The van der Waals surface area contributed by atoms with Gasteiger partial charge in [-0.1, -0.05) is 13.8 Å². The summed E-state index contributed by atoms with van der Waals surface area (Å²) in [5, 5.41) is 0. The molecule has 1 heterocycles. The lowest BCUT2D eigenvalue weighted by Crippen LogP contribution is -2.14. The lowest BCUT2D eigenvalue weighted by molar-refractivity contribution is -0.0173. The number of rotatable bonds is 2. The van der Waals surface area contributed by atoms with Gasteiger partial charge in [-0.25, -0.2) is 4.39 Å². The largest absolute Gasteiger partial charge is 0.467 e. The van der Waals surface area contributed by atoms with E-state index in [0.29, 0.717) is 12.5 Å². The smallest absolute Gasteiger partial charge is 0.189 e. The van der Waals surface area contributed by atoms with Crippen molar-refractivity contribution in [2.24, 2.45) is 5.92 Å². The standard InChI is InChI=1S/C12H15FO2/c1-8(2)3-9-4-11(13)5-10-6-14-7-15-12(9)10/h4-5,8H,3,6-7H2,1-2H3. The zero-order valence-electron chi connectivity index (χ0n) is 9.05. The topological polar surface area (TPSA) is 18.5 Å². The van der Waals surface area contributed by atoms with Crippen LogP contribution in [0, 0.1) is 11.7 Å². The van der Waals surface area contributed by atoms with Crippen LogP contribution < -0.4 is 4.74 Å². The van der Waals surface area contributed by atoms with Crippen molar-refractivity contribution in [3.05, 3.63) is 29.1 Å². The van der Waals surface area contributed by atoms with E-state index in [-0.39, 0.29) is 12.6 Å². The van der Waals surface area contributed by atoms with Crippen LogP contribution in [0.4, 0.5) is 4.39 Å². The van der Waals surface area contributed by atoms with Gasteiger partial charge in [0.15, 0.2) is 6.79 Å². The van der Waals surface area contributed by atoms with E-state index in [1.165, 1.54) is 6.07 Å². The molecular formula is C12H15FO2. The van der Waals surface area contributed by atoms with E-state index in [2.05, 4.69) is 13.8 Å². The average molecular weight is 210 g/mol. The van der Waals surface area contributed by atoms with E-state index in [1.807, 2.05) is 0 Å². The zero-order chi connectivity index (χ0) is 10.8.